The average molecular weight is 435 g/mol. The quantitative estimate of drug-likeness (QED) is 0.446. The van der Waals surface area contributed by atoms with Gasteiger partial charge in [0.25, 0.3) is 0 Å². The molecule has 0 spiro atoms. The third kappa shape index (κ3) is 5.50. The van der Waals surface area contributed by atoms with E-state index in [0.717, 1.165) is 5.56 Å². The summed E-state index contributed by atoms with van der Waals surface area (Å²) in [7, 11) is -2.28. The van der Waals surface area contributed by atoms with Crippen LogP contribution in [0, 0.1) is 0 Å². The smallest absolute Gasteiger partial charge is 0.336 e. The SMILES string of the molecule is COc1ccccc1P(=O)(OC(=O)C=Cc1ccc(NC(C)=O)cc1)c1ccccc1. The summed E-state index contributed by atoms with van der Waals surface area (Å²) in [4.78, 5) is 23.7. The first-order valence-electron chi connectivity index (χ1n) is 9.51. The second-order valence-electron chi connectivity index (χ2n) is 6.61. The Bertz CT molecular complexity index is 1140. The number of nitrogens with one attached hydrogen (secondary N) is 1. The highest BCUT2D eigenvalue weighted by molar-refractivity contribution is 7.75. The molecule has 1 amide bonds. The normalized spacial score (nSPS) is 12.7. The van der Waals surface area contributed by atoms with Crippen LogP contribution in [-0.4, -0.2) is 19.0 Å². The van der Waals surface area contributed by atoms with Gasteiger partial charge in [0, 0.05) is 18.7 Å². The molecule has 1 N–H and O–H groups in total. The van der Waals surface area contributed by atoms with Gasteiger partial charge in [0.15, 0.2) is 0 Å². The number of anilines is 1. The highest BCUT2D eigenvalue weighted by Gasteiger charge is 2.34. The molecule has 1 atom stereocenters. The van der Waals surface area contributed by atoms with E-state index in [1.807, 2.05) is 0 Å². The number of hydrogen-bond donors (Lipinski definition) is 1. The van der Waals surface area contributed by atoms with Crippen molar-refractivity contribution in [3.8, 4) is 5.75 Å². The average Bonchev–Trinajstić information content (AvgIpc) is 2.78. The molecule has 3 aromatic carbocycles. The van der Waals surface area contributed by atoms with Gasteiger partial charge in [-0.3, -0.25) is 9.36 Å². The third-order valence-corrected chi connectivity index (χ3v) is 6.78. The van der Waals surface area contributed by atoms with E-state index < -0.39 is 13.3 Å². The van der Waals surface area contributed by atoms with Gasteiger partial charge < -0.3 is 14.6 Å². The number of hydrogen-bond acceptors (Lipinski definition) is 5. The van der Waals surface area contributed by atoms with Crippen LogP contribution in [0.15, 0.2) is 84.9 Å². The molecular formula is C24H22NO5P. The minimum absolute atomic E-state index is 0.167. The standard InChI is InChI=1S/C24H22NO5P/c1-18(26)25-20-15-12-19(13-16-20)14-17-24(27)30-31(28,21-8-4-3-5-9-21)23-11-7-6-10-22(23)29-2/h3-17H,1-2H3,(H,25,26). The van der Waals surface area contributed by atoms with Crippen molar-refractivity contribution in [3.05, 3.63) is 90.5 Å². The van der Waals surface area contributed by atoms with Gasteiger partial charge in [-0.15, -0.1) is 0 Å². The van der Waals surface area contributed by atoms with Crippen LogP contribution in [0.1, 0.15) is 12.5 Å². The monoisotopic (exact) mass is 435 g/mol. The molecule has 0 heterocycles. The van der Waals surface area contributed by atoms with Crippen molar-refractivity contribution in [2.24, 2.45) is 0 Å². The Kier molecular flexibility index (Phi) is 7.06. The Morgan fingerprint density at radius 2 is 1.55 bits per heavy atom. The Morgan fingerprint density at radius 1 is 0.903 bits per heavy atom. The minimum atomic E-state index is -3.75. The Hall–Kier alpha value is -3.63. The predicted octanol–water partition coefficient (Wildman–Crippen LogP) is 4.14. The molecule has 7 heteroatoms. The maximum absolute atomic E-state index is 14.0. The Labute approximate surface area is 181 Å². The van der Waals surface area contributed by atoms with Crippen LogP contribution in [0.4, 0.5) is 5.69 Å². The van der Waals surface area contributed by atoms with Gasteiger partial charge in [-0.1, -0.05) is 42.5 Å². The van der Waals surface area contributed by atoms with Crippen LogP contribution in [0.25, 0.3) is 6.08 Å². The Balaban J connectivity index is 1.86. The molecule has 3 rings (SSSR count). The van der Waals surface area contributed by atoms with Crippen molar-refractivity contribution in [3.63, 3.8) is 0 Å². The van der Waals surface area contributed by atoms with Crippen molar-refractivity contribution >= 4 is 41.6 Å². The molecule has 3 aromatic rings. The topological polar surface area (TPSA) is 81.7 Å². The summed E-state index contributed by atoms with van der Waals surface area (Å²) in [5, 5.41) is 3.37. The lowest BCUT2D eigenvalue weighted by atomic mass is 10.2. The van der Waals surface area contributed by atoms with E-state index >= 15 is 0 Å². The van der Waals surface area contributed by atoms with Crippen LogP contribution in [-0.2, 0) is 18.7 Å². The summed E-state index contributed by atoms with van der Waals surface area (Å²) in [6.07, 6.45) is 2.77. The molecule has 0 aliphatic heterocycles. The zero-order valence-electron chi connectivity index (χ0n) is 17.1. The Morgan fingerprint density at radius 3 is 2.19 bits per heavy atom. The van der Waals surface area contributed by atoms with Gasteiger partial charge in [0.2, 0.25) is 5.91 Å². The molecule has 1 unspecified atom stereocenters. The molecule has 6 nitrogen and oxygen atoms in total. The first-order chi connectivity index (χ1) is 14.9. The molecule has 0 bridgehead atoms. The van der Waals surface area contributed by atoms with Gasteiger partial charge in [-0.25, -0.2) is 4.79 Å². The summed E-state index contributed by atoms with van der Waals surface area (Å²) in [6, 6.07) is 22.3. The van der Waals surface area contributed by atoms with Crippen LogP contribution in [0.5, 0.6) is 5.75 Å². The number of methoxy groups -OCH3 is 1. The molecule has 0 aromatic heterocycles. The van der Waals surface area contributed by atoms with Crippen LogP contribution in [0.2, 0.25) is 0 Å². The van der Waals surface area contributed by atoms with Crippen molar-refractivity contribution in [1.82, 2.24) is 0 Å². The number of carbonyl (C=O) groups excluding carboxylic acids is 2. The van der Waals surface area contributed by atoms with Crippen molar-refractivity contribution in [1.29, 1.82) is 0 Å². The molecule has 0 saturated heterocycles. The summed E-state index contributed by atoms with van der Waals surface area (Å²) in [5.74, 6) is -0.538. The van der Waals surface area contributed by atoms with Gasteiger partial charge in [-0.2, -0.15) is 0 Å². The fourth-order valence-corrected chi connectivity index (χ4v) is 5.04. The first kappa shape index (κ1) is 22.1. The van der Waals surface area contributed by atoms with E-state index in [1.54, 1.807) is 84.9 Å². The molecule has 0 fully saturated rings. The van der Waals surface area contributed by atoms with Gasteiger partial charge >= 0.3 is 13.3 Å². The van der Waals surface area contributed by atoms with E-state index in [1.165, 1.54) is 20.1 Å². The second kappa shape index (κ2) is 9.92. The lowest BCUT2D eigenvalue weighted by Gasteiger charge is -2.20. The number of ether oxygens (including phenoxy) is 1. The minimum Gasteiger partial charge on any atom is -0.496 e. The van der Waals surface area contributed by atoms with Gasteiger partial charge in [-0.05, 0) is 48.0 Å². The molecule has 0 aliphatic carbocycles. The molecule has 31 heavy (non-hydrogen) atoms. The zero-order chi connectivity index (χ0) is 22.3. The summed E-state index contributed by atoms with van der Waals surface area (Å²) in [6.45, 7) is 1.43. The molecule has 158 valence electrons. The van der Waals surface area contributed by atoms with Crippen molar-refractivity contribution in [2.75, 3.05) is 12.4 Å². The lowest BCUT2D eigenvalue weighted by Crippen LogP contribution is -2.21. The second-order valence-corrected chi connectivity index (χ2v) is 8.89. The fraction of sp³-hybridized carbons (Fsp3) is 0.0833. The van der Waals surface area contributed by atoms with E-state index in [0.29, 0.717) is 22.0 Å². The summed E-state index contributed by atoms with van der Waals surface area (Å²) in [5.41, 5.74) is 1.37. The predicted molar refractivity (Wildman–Crippen MR) is 122 cm³/mol. The maximum Gasteiger partial charge on any atom is 0.336 e. The van der Waals surface area contributed by atoms with E-state index in [4.69, 9.17) is 9.26 Å². The van der Waals surface area contributed by atoms with E-state index in [-0.39, 0.29) is 5.91 Å². The zero-order valence-corrected chi connectivity index (χ0v) is 18.0. The highest BCUT2D eigenvalue weighted by Crippen LogP contribution is 2.47. The highest BCUT2D eigenvalue weighted by atomic mass is 31.2. The largest absolute Gasteiger partial charge is 0.496 e. The molecule has 0 radical (unpaired) electrons. The van der Waals surface area contributed by atoms with E-state index in [9.17, 15) is 14.2 Å². The van der Waals surface area contributed by atoms with Crippen molar-refractivity contribution < 1.29 is 23.4 Å². The van der Waals surface area contributed by atoms with E-state index in [2.05, 4.69) is 5.32 Å². The molecule has 0 saturated carbocycles. The summed E-state index contributed by atoms with van der Waals surface area (Å²) < 4.78 is 24.9. The number of benzene rings is 3. The van der Waals surface area contributed by atoms with Crippen LogP contribution >= 0.6 is 7.37 Å². The fourth-order valence-electron chi connectivity index (χ4n) is 2.94. The lowest BCUT2D eigenvalue weighted by molar-refractivity contribution is -0.128. The molecular weight excluding hydrogens is 413 g/mol. The number of para-hydroxylation sites is 1. The first-order valence-corrected chi connectivity index (χ1v) is 11.1. The molecule has 0 aliphatic rings. The maximum atomic E-state index is 14.0. The van der Waals surface area contributed by atoms with Crippen LogP contribution in [0.3, 0.4) is 0 Å². The van der Waals surface area contributed by atoms with Crippen LogP contribution < -0.4 is 20.7 Å². The van der Waals surface area contributed by atoms with Crippen molar-refractivity contribution in [2.45, 2.75) is 6.92 Å². The number of carbonyl (C=O) groups is 2. The third-order valence-electron chi connectivity index (χ3n) is 4.36. The summed E-state index contributed by atoms with van der Waals surface area (Å²) >= 11 is 0. The van der Waals surface area contributed by atoms with Gasteiger partial charge in [0.1, 0.15) is 5.75 Å². The number of amides is 1. The number of rotatable bonds is 7. The van der Waals surface area contributed by atoms with Gasteiger partial charge in [0.05, 0.1) is 17.7 Å².